The van der Waals surface area contributed by atoms with Crippen molar-refractivity contribution in [1.29, 1.82) is 0 Å². The summed E-state index contributed by atoms with van der Waals surface area (Å²) in [5.41, 5.74) is 2.42. The molecule has 0 atom stereocenters. The Bertz CT molecular complexity index is 1360. The number of para-hydroxylation sites is 1. The third-order valence-electron chi connectivity index (χ3n) is 5.98. The van der Waals surface area contributed by atoms with E-state index < -0.39 is 23.4 Å². The fourth-order valence-corrected chi connectivity index (χ4v) is 4.18. The highest BCUT2D eigenvalue weighted by Crippen LogP contribution is 2.39. The molecule has 0 aliphatic carbocycles. The first kappa shape index (κ1) is 26.9. The van der Waals surface area contributed by atoms with Crippen LogP contribution in [0.1, 0.15) is 35.3 Å². The first-order chi connectivity index (χ1) is 18.1. The largest absolute Gasteiger partial charge is 0.353 e. The number of fused-ring (bicyclic) bond motifs is 1. The molecule has 1 aliphatic rings. The number of benzene rings is 2. The molecule has 2 aromatic carbocycles. The van der Waals surface area contributed by atoms with Gasteiger partial charge in [-0.25, -0.2) is 23.5 Å². The number of aromatic nitrogens is 2. The number of amides is 3. The Hall–Kier alpha value is -4.12. The number of nitrogens with one attached hydrogen (secondary N) is 3. The summed E-state index contributed by atoms with van der Waals surface area (Å²) in [6.45, 7) is 6.86. The molecular formula is C27H31F2N7O2. The van der Waals surface area contributed by atoms with Crippen molar-refractivity contribution in [3.8, 4) is 11.3 Å². The molecule has 9 nitrogen and oxygen atoms in total. The van der Waals surface area contributed by atoms with E-state index in [1.807, 2.05) is 39.8 Å². The minimum Gasteiger partial charge on any atom is -0.353 e. The lowest BCUT2D eigenvalue weighted by Crippen LogP contribution is -2.43. The Kier molecular flexibility index (Phi) is 7.86. The molecule has 0 saturated carbocycles. The van der Waals surface area contributed by atoms with Crippen molar-refractivity contribution in [2.24, 2.45) is 0 Å². The molecule has 0 bridgehead atoms. The number of nitrogens with zero attached hydrogens (tertiary/aromatic N) is 4. The third-order valence-corrected chi connectivity index (χ3v) is 5.98. The summed E-state index contributed by atoms with van der Waals surface area (Å²) in [5, 5.41) is 8.70. The minimum absolute atomic E-state index is 0.0134. The van der Waals surface area contributed by atoms with Gasteiger partial charge in [0, 0.05) is 35.8 Å². The van der Waals surface area contributed by atoms with Gasteiger partial charge in [-0.1, -0.05) is 12.1 Å². The van der Waals surface area contributed by atoms with E-state index in [0.29, 0.717) is 35.5 Å². The van der Waals surface area contributed by atoms with Crippen LogP contribution in [0.3, 0.4) is 0 Å². The van der Waals surface area contributed by atoms with Crippen LogP contribution in [0.2, 0.25) is 0 Å². The van der Waals surface area contributed by atoms with E-state index in [1.54, 1.807) is 18.2 Å². The van der Waals surface area contributed by atoms with Crippen LogP contribution in [-0.4, -0.2) is 60.0 Å². The average molecular weight is 524 g/mol. The maximum absolute atomic E-state index is 14.8. The van der Waals surface area contributed by atoms with Crippen LogP contribution in [0.5, 0.6) is 0 Å². The lowest BCUT2D eigenvalue weighted by Gasteiger charge is -2.31. The Morgan fingerprint density at radius 2 is 1.87 bits per heavy atom. The number of aryl methyl sites for hydroxylation is 1. The highest BCUT2D eigenvalue weighted by Gasteiger charge is 2.34. The summed E-state index contributed by atoms with van der Waals surface area (Å²) in [7, 11) is 3.85. The Labute approximate surface area is 220 Å². The first-order valence-electron chi connectivity index (χ1n) is 12.3. The van der Waals surface area contributed by atoms with Gasteiger partial charge in [-0.15, -0.1) is 0 Å². The molecule has 1 aromatic heterocycles. The second-order valence-corrected chi connectivity index (χ2v) is 9.65. The zero-order chi connectivity index (χ0) is 27.6. The van der Waals surface area contributed by atoms with Gasteiger partial charge >= 0.3 is 6.03 Å². The predicted octanol–water partition coefficient (Wildman–Crippen LogP) is 4.20. The summed E-state index contributed by atoms with van der Waals surface area (Å²) in [6, 6.07) is 7.92. The number of anilines is 3. The van der Waals surface area contributed by atoms with Crippen molar-refractivity contribution in [2.45, 2.75) is 33.4 Å². The van der Waals surface area contributed by atoms with Crippen molar-refractivity contribution >= 4 is 29.4 Å². The van der Waals surface area contributed by atoms with Gasteiger partial charge in [0.15, 0.2) is 5.82 Å². The SMILES string of the molecule is Cc1cc(C(=O)NC(C)C)ccc1-c1nc(NCCN(C)C)nc2c1CNC(=O)N2c1c(F)cccc1F. The normalized spacial score (nSPS) is 13.0. The maximum Gasteiger partial charge on any atom is 0.328 e. The third kappa shape index (κ3) is 5.57. The number of carbonyl (C=O) groups excluding carboxylic acids is 2. The average Bonchev–Trinajstić information content (AvgIpc) is 2.84. The van der Waals surface area contributed by atoms with Crippen LogP contribution in [0.4, 0.5) is 31.0 Å². The molecule has 1 aliphatic heterocycles. The van der Waals surface area contributed by atoms with Crippen molar-refractivity contribution in [1.82, 2.24) is 25.5 Å². The number of hydrogen-bond donors (Lipinski definition) is 3. The van der Waals surface area contributed by atoms with Crippen LogP contribution in [-0.2, 0) is 6.54 Å². The van der Waals surface area contributed by atoms with Crippen LogP contribution in [0.15, 0.2) is 36.4 Å². The standard InChI is InChI=1S/C27H31F2N7O2/c1-15(2)32-25(37)17-9-10-18(16(3)13-17)22-19-14-31-27(38)36(23-20(28)7-6-8-21(23)29)24(19)34-26(33-22)30-11-12-35(4)5/h6-10,13,15H,11-12,14H2,1-5H3,(H,31,38)(H,32,37)(H,30,33,34). The van der Waals surface area contributed by atoms with Crippen molar-refractivity contribution in [3.63, 3.8) is 0 Å². The minimum atomic E-state index is -0.896. The smallest absolute Gasteiger partial charge is 0.328 e. The van der Waals surface area contributed by atoms with Gasteiger partial charge in [0.2, 0.25) is 5.95 Å². The zero-order valence-corrected chi connectivity index (χ0v) is 22.0. The van der Waals surface area contributed by atoms with Gasteiger partial charge in [-0.05, 0) is 64.7 Å². The Morgan fingerprint density at radius 3 is 2.50 bits per heavy atom. The van der Waals surface area contributed by atoms with Crippen molar-refractivity contribution < 1.29 is 18.4 Å². The first-order valence-corrected chi connectivity index (χ1v) is 12.3. The van der Waals surface area contributed by atoms with Gasteiger partial charge < -0.3 is 20.9 Å². The molecule has 38 heavy (non-hydrogen) atoms. The molecule has 0 saturated heterocycles. The van der Waals surface area contributed by atoms with E-state index in [1.165, 1.54) is 6.07 Å². The van der Waals surface area contributed by atoms with E-state index in [9.17, 15) is 18.4 Å². The quantitative estimate of drug-likeness (QED) is 0.409. The van der Waals surface area contributed by atoms with Crippen LogP contribution in [0, 0.1) is 18.6 Å². The zero-order valence-electron chi connectivity index (χ0n) is 22.0. The highest BCUT2D eigenvalue weighted by molar-refractivity contribution is 6.02. The lowest BCUT2D eigenvalue weighted by atomic mass is 9.98. The van der Waals surface area contributed by atoms with Crippen LogP contribution >= 0.6 is 0 Å². The summed E-state index contributed by atoms with van der Waals surface area (Å²) in [4.78, 5) is 37.6. The van der Waals surface area contributed by atoms with E-state index >= 15 is 0 Å². The van der Waals surface area contributed by atoms with Crippen molar-refractivity contribution in [2.75, 3.05) is 37.4 Å². The molecule has 0 spiro atoms. The monoisotopic (exact) mass is 523 g/mol. The molecule has 4 rings (SSSR count). The number of likely N-dealkylation sites (N-methyl/N-ethyl adjacent to an activating group) is 1. The fourth-order valence-electron chi connectivity index (χ4n) is 4.18. The highest BCUT2D eigenvalue weighted by atomic mass is 19.1. The number of carbonyl (C=O) groups is 2. The number of hydrogen-bond acceptors (Lipinski definition) is 6. The van der Waals surface area contributed by atoms with E-state index in [-0.39, 0.29) is 30.3 Å². The molecule has 2 heterocycles. The summed E-state index contributed by atoms with van der Waals surface area (Å²) >= 11 is 0. The maximum atomic E-state index is 14.8. The van der Waals surface area contributed by atoms with E-state index in [0.717, 1.165) is 22.6 Å². The Balaban J connectivity index is 1.87. The molecule has 11 heteroatoms. The Morgan fingerprint density at radius 1 is 1.16 bits per heavy atom. The number of halogens is 2. The molecule has 3 N–H and O–H groups in total. The second-order valence-electron chi connectivity index (χ2n) is 9.65. The second kappa shape index (κ2) is 11.1. The molecule has 3 amide bonds. The summed E-state index contributed by atoms with van der Waals surface area (Å²) in [5.74, 6) is -1.70. The van der Waals surface area contributed by atoms with Crippen LogP contribution < -0.4 is 20.9 Å². The molecule has 0 unspecified atom stereocenters. The fraction of sp³-hybridized carbons (Fsp3) is 0.333. The number of rotatable bonds is 8. The van der Waals surface area contributed by atoms with Gasteiger partial charge in [0.25, 0.3) is 5.91 Å². The van der Waals surface area contributed by atoms with Gasteiger partial charge in [0.1, 0.15) is 17.3 Å². The predicted molar refractivity (Wildman–Crippen MR) is 143 cm³/mol. The van der Waals surface area contributed by atoms with Gasteiger partial charge in [0.05, 0.1) is 12.2 Å². The molecule has 3 aromatic rings. The summed E-state index contributed by atoms with van der Waals surface area (Å²) < 4.78 is 29.7. The topological polar surface area (TPSA) is 102 Å². The van der Waals surface area contributed by atoms with E-state index in [4.69, 9.17) is 4.98 Å². The number of urea groups is 1. The molecular weight excluding hydrogens is 492 g/mol. The van der Waals surface area contributed by atoms with Crippen LogP contribution in [0.25, 0.3) is 11.3 Å². The molecule has 200 valence electrons. The molecule has 0 radical (unpaired) electrons. The van der Waals surface area contributed by atoms with Crippen molar-refractivity contribution in [3.05, 3.63) is 64.7 Å². The van der Waals surface area contributed by atoms with Gasteiger partial charge in [-0.3, -0.25) is 4.79 Å². The molecule has 0 fully saturated rings. The lowest BCUT2D eigenvalue weighted by molar-refractivity contribution is 0.0943. The van der Waals surface area contributed by atoms with Gasteiger partial charge in [-0.2, -0.15) is 4.98 Å². The summed E-state index contributed by atoms with van der Waals surface area (Å²) in [6.07, 6.45) is 0. The van der Waals surface area contributed by atoms with E-state index in [2.05, 4.69) is 20.9 Å².